The fourth-order valence-corrected chi connectivity index (χ4v) is 2.84. The molecule has 2 aliphatic rings. The molecule has 2 aromatic rings. The van der Waals surface area contributed by atoms with E-state index in [0.717, 1.165) is 22.7 Å². The monoisotopic (exact) mass is 356 g/mol. The maximum Gasteiger partial charge on any atom is 0.242 e. The first-order valence-corrected chi connectivity index (χ1v) is 8.51. The first-order valence-electron chi connectivity index (χ1n) is 8.51. The van der Waals surface area contributed by atoms with E-state index in [1.165, 1.54) is 0 Å². The van der Waals surface area contributed by atoms with Gasteiger partial charge in [-0.25, -0.2) is 0 Å². The van der Waals surface area contributed by atoms with Gasteiger partial charge in [-0.15, -0.1) is 0 Å². The highest BCUT2D eigenvalue weighted by Gasteiger charge is 2.17. The Morgan fingerprint density at radius 1 is 0.962 bits per heavy atom. The van der Waals surface area contributed by atoms with Crippen molar-refractivity contribution in [1.82, 2.24) is 5.32 Å². The van der Waals surface area contributed by atoms with Crippen LogP contribution < -0.4 is 29.6 Å². The smallest absolute Gasteiger partial charge is 0.242 e. The van der Waals surface area contributed by atoms with Crippen LogP contribution in [-0.2, 0) is 11.3 Å². The molecule has 1 atom stereocenters. The lowest BCUT2D eigenvalue weighted by molar-refractivity contribution is -0.121. The van der Waals surface area contributed by atoms with Gasteiger partial charge in [0.15, 0.2) is 23.0 Å². The molecule has 7 heteroatoms. The van der Waals surface area contributed by atoms with Crippen molar-refractivity contribution < 1.29 is 23.7 Å². The molecule has 0 unspecified atom stereocenters. The first-order chi connectivity index (χ1) is 12.7. The zero-order valence-corrected chi connectivity index (χ0v) is 14.4. The van der Waals surface area contributed by atoms with Crippen molar-refractivity contribution in [2.45, 2.75) is 19.5 Å². The highest BCUT2D eigenvalue weighted by atomic mass is 16.7. The summed E-state index contributed by atoms with van der Waals surface area (Å²) >= 11 is 0. The predicted molar refractivity (Wildman–Crippen MR) is 94.9 cm³/mol. The second-order valence-corrected chi connectivity index (χ2v) is 6.13. The Morgan fingerprint density at radius 3 is 2.54 bits per heavy atom. The zero-order valence-electron chi connectivity index (χ0n) is 14.4. The molecule has 0 saturated carbocycles. The van der Waals surface area contributed by atoms with Crippen molar-refractivity contribution in [3.8, 4) is 23.0 Å². The number of ether oxygens (including phenoxy) is 4. The Kier molecular flexibility index (Phi) is 4.43. The fourth-order valence-electron chi connectivity index (χ4n) is 2.84. The maximum absolute atomic E-state index is 12.4. The number of fused-ring (bicyclic) bond motifs is 2. The van der Waals surface area contributed by atoms with E-state index in [1.54, 1.807) is 0 Å². The molecule has 0 aromatic heterocycles. The SMILES string of the molecule is C[C@H](Nc1ccc2c(c1)OCCO2)C(=O)NCc1ccc2c(c1)OCO2. The lowest BCUT2D eigenvalue weighted by Crippen LogP contribution is -2.37. The van der Waals surface area contributed by atoms with E-state index in [9.17, 15) is 4.79 Å². The van der Waals surface area contributed by atoms with E-state index in [0.29, 0.717) is 31.3 Å². The molecule has 4 rings (SSSR count). The van der Waals surface area contributed by atoms with E-state index < -0.39 is 6.04 Å². The summed E-state index contributed by atoms with van der Waals surface area (Å²) in [6, 6.07) is 10.8. The van der Waals surface area contributed by atoms with Crippen molar-refractivity contribution in [3.05, 3.63) is 42.0 Å². The average Bonchev–Trinajstić information content (AvgIpc) is 3.13. The van der Waals surface area contributed by atoms with Gasteiger partial charge in [-0.2, -0.15) is 0 Å². The second kappa shape index (κ2) is 7.03. The van der Waals surface area contributed by atoms with Crippen LogP contribution in [0.4, 0.5) is 5.69 Å². The number of hydrogen-bond donors (Lipinski definition) is 2. The van der Waals surface area contributed by atoms with E-state index in [2.05, 4.69) is 10.6 Å². The minimum absolute atomic E-state index is 0.0995. The van der Waals surface area contributed by atoms with E-state index >= 15 is 0 Å². The van der Waals surface area contributed by atoms with Gasteiger partial charge in [-0.05, 0) is 36.8 Å². The molecule has 2 heterocycles. The lowest BCUT2D eigenvalue weighted by Gasteiger charge is -2.20. The minimum Gasteiger partial charge on any atom is -0.486 e. The van der Waals surface area contributed by atoms with Crippen molar-refractivity contribution in [2.75, 3.05) is 25.3 Å². The number of carbonyl (C=O) groups excluding carboxylic acids is 1. The number of rotatable bonds is 5. The molecule has 1 amide bonds. The van der Waals surface area contributed by atoms with Gasteiger partial charge in [0.2, 0.25) is 12.7 Å². The summed E-state index contributed by atoms with van der Waals surface area (Å²) in [4.78, 5) is 12.4. The summed E-state index contributed by atoms with van der Waals surface area (Å²) in [5, 5.41) is 6.10. The second-order valence-electron chi connectivity index (χ2n) is 6.13. The molecule has 2 aliphatic heterocycles. The highest BCUT2D eigenvalue weighted by Crippen LogP contribution is 2.33. The van der Waals surface area contributed by atoms with Crippen molar-refractivity contribution >= 4 is 11.6 Å². The standard InChI is InChI=1S/C19H20N2O5/c1-12(21-14-3-5-15-18(9-14)24-7-6-23-15)19(22)20-10-13-2-4-16-17(8-13)26-11-25-16/h2-5,8-9,12,21H,6-7,10-11H2,1H3,(H,20,22)/t12-/m0/s1. The number of hydrogen-bond acceptors (Lipinski definition) is 6. The molecule has 0 spiro atoms. The molecule has 2 aromatic carbocycles. The molecular formula is C19H20N2O5. The molecule has 0 bridgehead atoms. The Balaban J connectivity index is 1.33. The lowest BCUT2D eigenvalue weighted by atomic mass is 10.2. The molecule has 0 aliphatic carbocycles. The summed E-state index contributed by atoms with van der Waals surface area (Å²) in [7, 11) is 0. The number of carbonyl (C=O) groups is 1. The minimum atomic E-state index is -0.397. The van der Waals surface area contributed by atoms with Gasteiger partial charge in [0.05, 0.1) is 0 Å². The molecule has 7 nitrogen and oxygen atoms in total. The third-order valence-corrected chi connectivity index (χ3v) is 4.22. The fraction of sp³-hybridized carbons (Fsp3) is 0.316. The van der Waals surface area contributed by atoms with Gasteiger partial charge in [0, 0.05) is 18.3 Å². The van der Waals surface area contributed by atoms with Crippen molar-refractivity contribution in [2.24, 2.45) is 0 Å². The third kappa shape index (κ3) is 3.46. The Hall–Kier alpha value is -3.09. The van der Waals surface area contributed by atoms with Gasteiger partial charge in [-0.3, -0.25) is 4.79 Å². The van der Waals surface area contributed by atoms with Gasteiger partial charge >= 0.3 is 0 Å². The van der Waals surface area contributed by atoms with Crippen LogP contribution in [0.25, 0.3) is 0 Å². The maximum atomic E-state index is 12.4. The van der Waals surface area contributed by atoms with Gasteiger partial charge < -0.3 is 29.6 Å². The number of amides is 1. The van der Waals surface area contributed by atoms with Crippen LogP contribution >= 0.6 is 0 Å². The van der Waals surface area contributed by atoms with Crippen molar-refractivity contribution in [3.63, 3.8) is 0 Å². The van der Waals surface area contributed by atoms with E-state index in [-0.39, 0.29) is 12.7 Å². The molecule has 2 N–H and O–H groups in total. The number of anilines is 1. The largest absolute Gasteiger partial charge is 0.486 e. The van der Waals surface area contributed by atoms with Crippen LogP contribution in [0.1, 0.15) is 12.5 Å². The molecular weight excluding hydrogens is 336 g/mol. The molecule has 26 heavy (non-hydrogen) atoms. The summed E-state index contributed by atoms with van der Waals surface area (Å²) in [5.41, 5.74) is 1.76. The number of benzene rings is 2. The Labute approximate surface area is 151 Å². The average molecular weight is 356 g/mol. The highest BCUT2D eigenvalue weighted by molar-refractivity contribution is 5.84. The summed E-state index contributed by atoms with van der Waals surface area (Å²) in [6.45, 7) is 3.55. The topological polar surface area (TPSA) is 78.1 Å². The molecule has 136 valence electrons. The first kappa shape index (κ1) is 16.4. The summed E-state index contributed by atoms with van der Waals surface area (Å²) in [6.07, 6.45) is 0. The Morgan fingerprint density at radius 2 is 1.65 bits per heavy atom. The zero-order chi connectivity index (χ0) is 17.9. The van der Waals surface area contributed by atoms with Crippen LogP contribution in [0.15, 0.2) is 36.4 Å². The van der Waals surface area contributed by atoms with E-state index in [1.807, 2.05) is 43.3 Å². The quantitative estimate of drug-likeness (QED) is 0.856. The summed E-state index contributed by atoms with van der Waals surface area (Å²) < 4.78 is 21.7. The van der Waals surface area contributed by atoms with Crippen LogP contribution in [0.5, 0.6) is 23.0 Å². The molecule has 0 fully saturated rings. The van der Waals surface area contributed by atoms with E-state index in [4.69, 9.17) is 18.9 Å². The van der Waals surface area contributed by atoms with Gasteiger partial charge in [0.1, 0.15) is 19.3 Å². The normalized spacial score (nSPS) is 15.3. The van der Waals surface area contributed by atoms with Crippen LogP contribution in [0, 0.1) is 0 Å². The van der Waals surface area contributed by atoms with Crippen LogP contribution in [-0.4, -0.2) is 32.0 Å². The number of nitrogens with one attached hydrogen (secondary N) is 2. The predicted octanol–water partition coefficient (Wildman–Crippen LogP) is 2.30. The summed E-state index contributed by atoms with van der Waals surface area (Å²) in [5.74, 6) is 2.75. The van der Waals surface area contributed by atoms with Crippen LogP contribution in [0.3, 0.4) is 0 Å². The van der Waals surface area contributed by atoms with Crippen molar-refractivity contribution in [1.29, 1.82) is 0 Å². The van der Waals surface area contributed by atoms with Gasteiger partial charge in [0.25, 0.3) is 0 Å². The molecule has 0 radical (unpaired) electrons. The Bertz CT molecular complexity index is 824. The third-order valence-electron chi connectivity index (χ3n) is 4.22. The van der Waals surface area contributed by atoms with Crippen LogP contribution in [0.2, 0.25) is 0 Å². The molecule has 0 saturated heterocycles. The van der Waals surface area contributed by atoms with Gasteiger partial charge in [-0.1, -0.05) is 6.07 Å².